The summed E-state index contributed by atoms with van der Waals surface area (Å²) < 4.78 is 18.1. The lowest BCUT2D eigenvalue weighted by Gasteiger charge is -2.35. The largest absolute Gasteiger partial charge is 0.450 e. The highest BCUT2D eigenvalue weighted by Crippen LogP contribution is 2.35. The Bertz CT molecular complexity index is 770. The number of nitrogens with zero attached hydrogens (tertiary/aromatic N) is 2. The van der Waals surface area contributed by atoms with Gasteiger partial charge < -0.3 is 9.64 Å². The van der Waals surface area contributed by atoms with Crippen molar-refractivity contribution < 1.29 is 23.5 Å². The number of ether oxygens (including phenoxy) is 1. The van der Waals surface area contributed by atoms with Crippen LogP contribution in [0.15, 0.2) is 29.3 Å². The van der Waals surface area contributed by atoms with E-state index in [9.17, 15) is 18.8 Å². The Kier molecular flexibility index (Phi) is 5.27. The van der Waals surface area contributed by atoms with E-state index in [2.05, 4.69) is 0 Å². The molecule has 0 radical (unpaired) electrons. The maximum atomic E-state index is 13.1. The van der Waals surface area contributed by atoms with E-state index in [-0.39, 0.29) is 16.6 Å². The maximum Gasteiger partial charge on any atom is 0.409 e. The molecule has 0 bridgehead atoms. The number of carbonyl (C=O) groups is 3. The minimum atomic E-state index is -0.550. The van der Waals surface area contributed by atoms with Crippen LogP contribution in [0.25, 0.3) is 5.57 Å². The predicted molar refractivity (Wildman–Crippen MR) is 92.6 cm³/mol. The van der Waals surface area contributed by atoms with Gasteiger partial charge in [0.2, 0.25) is 0 Å². The monoisotopic (exact) mass is 380 g/mol. The normalized spacial score (nSPS) is 18.7. The second-order valence-corrected chi connectivity index (χ2v) is 6.47. The first-order valence-electron chi connectivity index (χ1n) is 8.39. The van der Waals surface area contributed by atoms with Gasteiger partial charge in [-0.25, -0.2) is 9.18 Å². The van der Waals surface area contributed by atoms with Gasteiger partial charge in [-0.15, -0.1) is 0 Å². The molecule has 3 amide bonds. The molecule has 8 heteroatoms. The van der Waals surface area contributed by atoms with Crippen molar-refractivity contribution in [1.82, 2.24) is 9.80 Å². The Morgan fingerprint density at radius 3 is 2.38 bits per heavy atom. The Morgan fingerprint density at radius 1 is 1.19 bits per heavy atom. The first-order valence-corrected chi connectivity index (χ1v) is 8.77. The zero-order chi connectivity index (χ0) is 18.8. The minimum Gasteiger partial charge on any atom is -0.450 e. The first kappa shape index (κ1) is 18.4. The van der Waals surface area contributed by atoms with Crippen LogP contribution in [0.5, 0.6) is 0 Å². The number of hydrogen-bond donors (Lipinski definition) is 0. The summed E-state index contributed by atoms with van der Waals surface area (Å²) in [4.78, 5) is 39.8. The van der Waals surface area contributed by atoms with Gasteiger partial charge in [0.1, 0.15) is 10.8 Å². The van der Waals surface area contributed by atoms with E-state index in [0.717, 1.165) is 4.90 Å². The van der Waals surface area contributed by atoms with E-state index in [1.165, 1.54) is 24.3 Å². The molecule has 138 valence electrons. The molecule has 1 fully saturated rings. The number of hydrogen-bond acceptors (Lipinski definition) is 4. The summed E-state index contributed by atoms with van der Waals surface area (Å²) in [6.45, 7) is 2.81. The van der Waals surface area contributed by atoms with Crippen molar-refractivity contribution in [1.29, 1.82) is 0 Å². The van der Waals surface area contributed by atoms with Gasteiger partial charge >= 0.3 is 6.09 Å². The Labute approximate surface area is 155 Å². The molecule has 0 unspecified atom stereocenters. The van der Waals surface area contributed by atoms with Crippen molar-refractivity contribution >= 4 is 35.1 Å². The zero-order valence-electron chi connectivity index (χ0n) is 14.2. The summed E-state index contributed by atoms with van der Waals surface area (Å²) in [5, 5.41) is -0.158. The summed E-state index contributed by atoms with van der Waals surface area (Å²) in [6.07, 6.45) is 0.516. The highest BCUT2D eigenvalue weighted by Gasteiger charge is 2.43. The smallest absolute Gasteiger partial charge is 0.409 e. The molecule has 6 nitrogen and oxygen atoms in total. The molecule has 0 spiro atoms. The van der Waals surface area contributed by atoms with E-state index >= 15 is 0 Å². The van der Waals surface area contributed by atoms with E-state index in [1.54, 1.807) is 11.8 Å². The minimum absolute atomic E-state index is 0.0875. The van der Waals surface area contributed by atoms with E-state index in [0.29, 0.717) is 38.1 Å². The molecule has 0 atom stereocenters. The third kappa shape index (κ3) is 3.31. The molecular formula is C18H18ClFN2O4. The molecule has 2 heterocycles. The number of imide groups is 1. The summed E-state index contributed by atoms with van der Waals surface area (Å²) >= 11 is 6.12. The molecule has 0 aromatic heterocycles. The van der Waals surface area contributed by atoms with Gasteiger partial charge in [0.15, 0.2) is 0 Å². The fourth-order valence-electron chi connectivity index (χ4n) is 3.24. The van der Waals surface area contributed by atoms with Crippen LogP contribution in [0.2, 0.25) is 0 Å². The number of piperidine rings is 1. The fourth-order valence-corrected chi connectivity index (χ4v) is 3.52. The topological polar surface area (TPSA) is 66.9 Å². The van der Waals surface area contributed by atoms with E-state index in [4.69, 9.17) is 16.3 Å². The van der Waals surface area contributed by atoms with Gasteiger partial charge in [0, 0.05) is 19.1 Å². The Morgan fingerprint density at radius 2 is 1.81 bits per heavy atom. The van der Waals surface area contributed by atoms with Gasteiger partial charge in [-0.1, -0.05) is 23.7 Å². The van der Waals surface area contributed by atoms with Crippen molar-refractivity contribution in [3.05, 3.63) is 40.7 Å². The van der Waals surface area contributed by atoms with Crippen LogP contribution >= 0.6 is 11.6 Å². The molecule has 0 aliphatic carbocycles. The van der Waals surface area contributed by atoms with Crippen LogP contribution in [0.4, 0.5) is 9.18 Å². The van der Waals surface area contributed by atoms with Crippen LogP contribution in [0.3, 0.4) is 0 Å². The molecule has 1 aromatic carbocycles. The van der Waals surface area contributed by atoms with Crippen molar-refractivity contribution in [3.63, 3.8) is 0 Å². The molecule has 2 aliphatic heterocycles. The lowest BCUT2D eigenvalue weighted by atomic mass is 10.0. The quantitative estimate of drug-likeness (QED) is 0.756. The molecule has 3 rings (SSSR count). The molecule has 1 saturated heterocycles. The average molecular weight is 381 g/mol. The lowest BCUT2D eigenvalue weighted by Crippen LogP contribution is -2.49. The van der Waals surface area contributed by atoms with Gasteiger partial charge in [-0.3, -0.25) is 14.5 Å². The number of rotatable bonds is 3. The van der Waals surface area contributed by atoms with Crippen molar-refractivity contribution in [2.75, 3.05) is 19.7 Å². The van der Waals surface area contributed by atoms with E-state index < -0.39 is 23.7 Å². The second kappa shape index (κ2) is 7.45. The molecule has 26 heavy (non-hydrogen) atoms. The van der Waals surface area contributed by atoms with Crippen LogP contribution in [-0.2, 0) is 14.3 Å². The van der Waals surface area contributed by atoms with Crippen molar-refractivity contribution in [3.8, 4) is 0 Å². The first-order chi connectivity index (χ1) is 12.4. The van der Waals surface area contributed by atoms with Gasteiger partial charge in [-0.2, -0.15) is 0 Å². The molecular weight excluding hydrogens is 363 g/mol. The molecule has 0 N–H and O–H groups in total. The predicted octanol–water partition coefficient (Wildman–Crippen LogP) is 2.77. The highest BCUT2D eigenvalue weighted by molar-refractivity contribution is 6.55. The zero-order valence-corrected chi connectivity index (χ0v) is 15.0. The number of benzene rings is 1. The van der Waals surface area contributed by atoms with Crippen LogP contribution in [0, 0.1) is 5.82 Å². The molecule has 2 aliphatic rings. The number of carbonyl (C=O) groups excluding carboxylic acids is 3. The summed E-state index contributed by atoms with van der Waals surface area (Å²) in [6, 6.07) is 4.93. The van der Waals surface area contributed by atoms with Gasteiger partial charge in [-0.05, 0) is 37.5 Å². The number of likely N-dealkylation sites (tertiary alicyclic amines) is 1. The fraction of sp³-hybridized carbons (Fsp3) is 0.389. The molecule has 1 aromatic rings. The summed E-state index contributed by atoms with van der Waals surface area (Å²) in [7, 11) is 0. The third-order valence-corrected chi connectivity index (χ3v) is 4.90. The maximum absolute atomic E-state index is 13.1. The number of halogens is 2. The van der Waals surface area contributed by atoms with Crippen molar-refractivity contribution in [2.24, 2.45) is 0 Å². The van der Waals surface area contributed by atoms with Crippen LogP contribution in [0.1, 0.15) is 25.3 Å². The van der Waals surface area contributed by atoms with Crippen LogP contribution in [-0.4, -0.2) is 53.4 Å². The van der Waals surface area contributed by atoms with Crippen molar-refractivity contribution in [2.45, 2.75) is 25.8 Å². The number of amides is 3. The Balaban J connectivity index is 1.73. The van der Waals surface area contributed by atoms with Gasteiger partial charge in [0.25, 0.3) is 11.8 Å². The second-order valence-electron chi connectivity index (χ2n) is 6.09. The Hall–Kier alpha value is -2.41. The standard InChI is InChI=1S/C18H18ClFN2O4/c1-2-26-18(25)21-9-7-13(8-10-21)22-16(23)14(15(19)17(22)24)11-3-5-12(20)6-4-11/h3-6,13H,2,7-10H2,1H3. The summed E-state index contributed by atoms with van der Waals surface area (Å²) in [5.41, 5.74) is 0.491. The summed E-state index contributed by atoms with van der Waals surface area (Å²) in [5.74, 6) is -1.47. The molecule has 0 saturated carbocycles. The lowest BCUT2D eigenvalue weighted by molar-refractivity contribution is -0.140. The van der Waals surface area contributed by atoms with E-state index in [1.807, 2.05) is 0 Å². The highest BCUT2D eigenvalue weighted by atomic mass is 35.5. The van der Waals surface area contributed by atoms with Gasteiger partial charge in [0.05, 0.1) is 12.2 Å². The average Bonchev–Trinajstić information content (AvgIpc) is 2.85. The third-order valence-electron chi connectivity index (χ3n) is 4.55. The van der Waals surface area contributed by atoms with Crippen LogP contribution < -0.4 is 0 Å². The SMILES string of the molecule is CCOC(=O)N1CCC(N2C(=O)C(Cl)=C(c3ccc(F)cc3)C2=O)CC1.